The average molecular weight is 361 g/mol. The molecule has 0 aliphatic heterocycles. The zero-order valence-corrected chi connectivity index (χ0v) is 15.9. The molecule has 0 saturated heterocycles. The van der Waals surface area contributed by atoms with Gasteiger partial charge in [0.25, 0.3) is 0 Å². The van der Waals surface area contributed by atoms with Crippen molar-refractivity contribution in [2.45, 2.75) is 45.1 Å². The molecule has 2 atom stereocenters. The Morgan fingerprint density at radius 2 is 2.22 bits per heavy atom. The lowest BCUT2D eigenvalue weighted by Crippen LogP contribution is -2.15. The van der Waals surface area contributed by atoms with Crippen molar-refractivity contribution in [3.63, 3.8) is 0 Å². The molecular weight excluding hydrogens is 334 g/mol. The molecule has 0 amide bonds. The molecule has 140 valence electrons. The number of allylic oxidation sites excluding steroid dienone is 4. The van der Waals surface area contributed by atoms with Crippen LogP contribution in [0, 0.1) is 23.7 Å². The van der Waals surface area contributed by atoms with Crippen LogP contribution in [0.5, 0.6) is 5.75 Å². The zero-order chi connectivity index (χ0) is 18.6. The first kappa shape index (κ1) is 17.9. The molecular formula is C23H27N3O. The van der Waals surface area contributed by atoms with E-state index in [2.05, 4.69) is 36.3 Å². The maximum atomic E-state index is 5.89. The molecule has 2 N–H and O–H groups in total. The fourth-order valence-corrected chi connectivity index (χ4v) is 3.18. The van der Waals surface area contributed by atoms with Crippen molar-refractivity contribution in [2.75, 3.05) is 6.61 Å². The third kappa shape index (κ3) is 4.81. The van der Waals surface area contributed by atoms with E-state index in [4.69, 9.17) is 15.5 Å². The second-order valence-electron chi connectivity index (χ2n) is 7.72. The Labute approximate surface area is 161 Å². The topological polar surface area (TPSA) is 52.5 Å². The number of imidazole rings is 1. The van der Waals surface area contributed by atoms with Crippen LogP contribution in [0.1, 0.15) is 44.7 Å². The van der Waals surface area contributed by atoms with E-state index in [0.29, 0.717) is 0 Å². The zero-order valence-electron chi connectivity index (χ0n) is 15.9. The molecule has 4 heteroatoms. The standard InChI is InChI=1S/C23H27N3O/c1-17(24)6-7-18-4-2-3-5-20(11-10-18)22-15-26-14-21(12-13-23(26)25-22)27-16-19-8-9-19/h5,10-15,17-19H,3,6-9,16,24H2,1H3/b11-10-,20-5+/t17-,18?/m0/s1. The van der Waals surface area contributed by atoms with E-state index >= 15 is 0 Å². The van der Waals surface area contributed by atoms with E-state index in [9.17, 15) is 0 Å². The summed E-state index contributed by atoms with van der Waals surface area (Å²) in [5.41, 5.74) is 8.91. The normalized spacial score (nSPS) is 23.5. The van der Waals surface area contributed by atoms with Crippen LogP contribution >= 0.6 is 0 Å². The van der Waals surface area contributed by atoms with Gasteiger partial charge in [0, 0.05) is 24.6 Å². The number of rotatable bonds is 7. The molecule has 4 nitrogen and oxygen atoms in total. The summed E-state index contributed by atoms with van der Waals surface area (Å²) in [7, 11) is 0. The van der Waals surface area contributed by atoms with Crippen molar-refractivity contribution in [3.05, 3.63) is 48.4 Å². The third-order valence-corrected chi connectivity index (χ3v) is 5.05. The molecule has 27 heavy (non-hydrogen) atoms. The van der Waals surface area contributed by atoms with Crippen LogP contribution in [-0.2, 0) is 0 Å². The monoisotopic (exact) mass is 361 g/mol. The molecule has 1 fully saturated rings. The van der Waals surface area contributed by atoms with Crippen LogP contribution in [0.25, 0.3) is 11.2 Å². The lowest BCUT2D eigenvalue weighted by molar-refractivity contribution is 0.298. The van der Waals surface area contributed by atoms with Crippen LogP contribution in [0.2, 0.25) is 0 Å². The van der Waals surface area contributed by atoms with E-state index in [1.807, 2.05) is 29.7 Å². The SMILES string of the molecule is C[C@H](N)CCC1C#CC/C=C(c2cn3cc(OCC4CC4)ccc3n2)\C=C/1. The summed E-state index contributed by atoms with van der Waals surface area (Å²) >= 11 is 0. The molecule has 0 bridgehead atoms. The smallest absolute Gasteiger partial charge is 0.137 e. The highest BCUT2D eigenvalue weighted by Crippen LogP contribution is 2.29. The summed E-state index contributed by atoms with van der Waals surface area (Å²) in [5, 5.41) is 0. The summed E-state index contributed by atoms with van der Waals surface area (Å²) in [6.45, 7) is 2.87. The number of ether oxygens (including phenoxy) is 1. The van der Waals surface area contributed by atoms with Crippen LogP contribution in [0.3, 0.4) is 0 Å². The predicted octanol–water partition coefficient (Wildman–Crippen LogP) is 4.21. The van der Waals surface area contributed by atoms with Gasteiger partial charge in [-0.05, 0) is 56.2 Å². The second kappa shape index (κ2) is 8.02. The number of hydrogen-bond donors (Lipinski definition) is 1. The van der Waals surface area contributed by atoms with Crippen molar-refractivity contribution < 1.29 is 4.74 Å². The molecule has 0 spiro atoms. The first-order valence-electron chi connectivity index (χ1n) is 9.91. The Morgan fingerprint density at radius 1 is 1.33 bits per heavy atom. The highest BCUT2D eigenvalue weighted by Gasteiger charge is 2.22. The minimum atomic E-state index is 0.218. The maximum Gasteiger partial charge on any atom is 0.137 e. The summed E-state index contributed by atoms with van der Waals surface area (Å²) in [6.07, 6.45) is 15.9. The fourth-order valence-electron chi connectivity index (χ4n) is 3.18. The highest BCUT2D eigenvalue weighted by molar-refractivity contribution is 5.73. The van der Waals surface area contributed by atoms with E-state index < -0.39 is 0 Å². The van der Waals surface area contributed by atoms with Crippen molar-refractivity contribution in [2.24, 2.45) is 17.6 Å². The van der Waals surface area contributed by atoms with Gasteiger partial charge in [0.1, 0.15) is 11.4 Å². The molecule has 2 aliphatic carbocycles. The van der Waals surface area contributed by atoms with Gasteiger partial charge in [0.05, 0.1) is 18.5 Å². The molecule has 2 aromatic heterocycles. The Kier molecular flexibility index (Phi) is 5.31. The maximum absolute atomic E-state index is 5.89. The lowest BCUT2D eigenvalue weighted by atomic mass is 9.97. The predicted molar refractivity (Wildman–Crippen MR) is 109 cm³/mol. The quantitative estimate of drug-likeness (QED) is 0.752. The van der Waals surface area contributed by atoms with Crippen LogP contribution in [0.15, 0.2) is 42.8 Å². The van der Waals surface area contributed by atoms with E-state index in [1.165, 1.54) is 12.8 Å². The van der Waals surface area contributed by atoms with Crippen LogP contribution in [-0.4, -0.2) is 22.0 Å². The van der Waals surface area contributed by atoms with Crippen molar-refractivity contribution in [1.82, 2.24) is 9.38 Å². The minimum absolute atomic E-state index is 0.218. The largest absolute Gasteiger partial charge is 0.492 e. The molecule has 1 unspecified atom stereocenters. The van der Waals surface area contributed by atoms with Gasteiger partial charge < -0.3 is 14.9 Å². The van der Waals surface area contributed by atoms with Crippen molar-refractivity contribution in [3.8, 4) is 17.6 Å². The summed E-state index contributed by atoms with van der Waals surface area (Å²) in [4.78, 5) is 4.78. The van der Waals surface area contributed by atoms with Gasteiger partial charge in [0.15, 0.2) is 0 Å². The number of nitrogens with two attached hydrogens (primary N) is 1. The first-order valence-corrected chi connectivity index (χ1v) is 9.91. The van der Waals surface area contributed by atoms with E-state index in [0.717, 1.165) is 54.5 Å². The molecule has 1 saturated carbocycles. The van der Waals surface area contributed by atoms with Crippen LogP contribution < -0.4 is 10.5 Å². The van der Waals surface area contributed by atoms with Gasteiger partial charge in [-0.2, -0.15) is 0 Å². The Hall–Kier alpha value is -2.51. The number of hydrogen-bond acceptors (Lipinski definition) is 3. The molecule has 0 radical (unpaired) electrons. The first-order chi connectivity index (χ1) is 13.2. The molecule has 2 heterocycles. The number of fused-ring (bicyclic) bond motifs is 1. The Bertz CT molecular complexity index is 922. The number of nitrogens with zero attached hydrogens (tertiary/aromatic N) is 2. The summed E-state index contributed by atoms with van der Waals surface area (Å²) < 4.78 is 7.93. The minimum Gasteiger partial charge on any atom is -0.492 e. The van der Waals surface area contributed by atoms with Gasteiger partial charge in [-0.15, -0.1) is 0 Å². The molecule has 0 aromatic carbocycles. The van der Waals surface area contributed by atoms with Crippen molar-refractivity contribution in [1.29, 1.82) is 0 Å². The van der Waals surface area contributed by atoms with E-state index in [-0.39, 0.29) is 12.0 Å². The van der Waals surface area contributed by atoms with Gasteiger partial charge in [-0.3, -0.25) is 0 Å². The van der Waals surface area contributed by atoms with Gasteiger partial charge >= 0.3 is 0 Å². The van der Waals surface area contributed by atoms with Crippen molar-refractivity contribution >= 4 is 11.2 Å². The third-order valence-electron chi connectivity index (χ3n) is 5.05. The molecule has 2 aliphatic rings. The van der Waals surface area contributed by atoms with Gasteiger partial charge in [-0.25, -0.2) is 4.98 Å². The molecule has 4 rings (SSSR count). The number of pyridine rings is 1. The van der Waals surface area contributed by atoms with Gasteiger partial charge in [-0.1, -0.05) is 30.1 Å². The lowest BCUT2D eigenvalue weighted by Gasteiger charge is -2.09. The summed E-state index contributed by atoms with van der Waals surface area (Å²) in [5.74, 6) is 8.51. The summed E-state index contributed by atoms with van der Waals surface area (Å²) in [6, 6.07) is 4.24. The van der Waals surface area contributed by atoms with Crippen LogP contribution in [0.4, 0.5) is 0 Å². The highest BCUT2D eigenvalue weighted by atomic mass is 16.5. The Morgan fingerprint density at radius 3 is 3.04 bits per heavy atom. The second-order valence-corrected chi connectivity index (χ2v) is 7.72. The number of aromatic nitrogens is 2. The Balaban J connectivity index is 1.50. The average Bonchev–Trinajstić information content (AvgIpc) is 3.36. The van der Waals surface area contributed by atoms with Gasteiger partial charge in [0.2, 0.25) is 0 Å². The van der Waals surface area contributed by atoms with E-state index in [1.54, 1.807) is 0 Å². The molecule has 2 aromatic rings. The fraction of sp³-hybridized carbons (Fsp3) is 0.435.